The summed E-state index contributed by atoms with van der Waals surface area (Å²) in [4.78, 5) is 6.73. The van der Waals surface area contributed by atoms with Crippen molar-refractivity contribution in [2.75, 3.05) is 33.4 Å². The molecule has 8 heteroatoms. The highest BCUT2D eigenvalue weighted by Gasteiger charge is 2.10. The Morgan fingerprint density at radius 1 is 1.15 bits per heavy atom. The fourth-order valence-electron chi connectivity index (χ4n) is 3.01. The lowest BCUT2D eigenvalue weighted by Gasteiger charge is -2.26. The molecule has 1 aliphatic rings. The maximum absolute atomic E-state index is 5.42. The third-order valence-corrected chi connectivity index (χ3v) is 4.54. The highest BCUT2D eigenvalue weighted by atomic mass is 127. The lowest BCUT2D eigenvalue weighted by Crippen LogP contribution is -2.37. The Kier molecular flexibility index (Phi) is 9.02. The van der Waals surface area contributed by atoms with E-state index in [1.807, 2.05) is 17.8 Å². The van der Waals surface area contributed by atoms with Crippen LogP contribution in [0.4, 0.5) is 0 Å². The van der Waals surface area contributed by atoms with Crippen LogP contribution in [0.3, 0.4) is 0 Å². The number of aliphatic imine (C=N–C) groups is 1. The highest BCUT2D eigenvalue weighted by Crippen LogP contribution is 2.10. The third-order valence-electron chi connectivity index (χ3n) is 4.54. The molecule has 2 N–H and O–H groups in total. The quantitative estimate of drug-likeness (QED) is 0.372. The first kappa shape index (κ1) is 21.6. The van der Waals surface area contributed by atoms with Crippen molar-refractivity contribution >= 4 is 29.9 Å². The van der Waals surface area contributed by atoms with Gasteiger partial charge in [-0.25, -0.2) is 0 Å². The molecule has 1 aromatic heterocycles. The second kappa shape index (κ2) is 11.3. The van der Waals surface area contributed by atoms with Crippen LogP contribution in [0.5, 0.6) is 0 Å². The van der Waals surface area contributed by atoms with Crippen LogP contribution in [0.15, 0.2) is 41.5 Å². The minimum absolute atomic E-state index is 0. The molecular formula is C19H29IN6O. The van der Waals surface area contributed by atoms with Gasteiger partial charge in [-0.05, 0) is 17.2 Å². The number of guanidine groups is 1. The third kappa shape index (κ3) is 6.78. The lowest BCUT2D eigenvalue weighted by atomic mass is 10.1. The first-order valence-electron chi connectivity index (χ1n) is 9.04. The number of hydrogen-bond donors (Lipinski definition) is 2. The molecule has 0 amide bonds. The van der Waals surface area contributed by atoms with Gasteiger partial charge in [0.2, 0.25) is 0 Å². The molecule has 0 spiro atoms. The molecule has 0 aliphatic carbocycles. The molecule has 1 fully saturated rings. The summed E-state index contributed by atoms with van der Waals surface area (Å²) in [7, 11) is 3.72. The molecule has 0 saturated carbocycles. The molecule has 0 radical (unpaired) electrons. The molecule has 1 aromatic carbocycles. The van der Waals surface area contributed by atoms with E-state index >= 15 is 0 Å². The number of rotatable bonds is 6. The predicted octanol–water partition coefficient (Wildman–Crippen LogP) is 1.74. The van der Waals surface area contributed by atoms with E-state index in [0.717, 1.165) is 51.0 Å². The van der Waals surface area contributed by atoms with Gasteiger partial charge >= 0.3 is 0 Å². The number of aromatic nitrogens is 2. The molecule has 1 aliphatic heterocycles. The maximum Gasteiger partial charge on any atom is 0.191 e. The average molecular weight is 484 g/mol. The van der Waals surface area contributed by atoms with Crippen molar-refractivity contribution in [2.24, 2.45) is 12.0 Å². The van der Waals surface area contributed by atoms with Gasteiger partial charge in [0, 0.05) is 46.5 Å². The second-order valence-corrected chi connectivity index (χ2v) is 6.43. The van der Waals surface area contributed by atoms with Crippen LogP contribution in [0.25, 0.3) is 0 Å². The van der Waals surface area contributed by atoms with Crippen molar-refractivity contribution in [2.45, 2.75) is 19.6 Å². The van der Waals surface area contributed by atoms with Gasteiger partial charge in [-0.15, -0.1) is 24.0 Å². The standard InChI is InChI=1S/C19H28N6O.HI/c1-20-19(22-14-18-6-7-23-24(18)2)21-13-16-4-3-5-17(12-16)15-25-8-10-26-11-9-25;/h3-7,12H,8-11,13-15H2,1-2H3,(H2,20,21,22);1H. The fourth-order valence-corrected chi connectivity index (χ4v) is 3.01. The van der Waals surface area contributed by atoms with Gasteiger partial charge in [-0.2, -0.15) is 5.10 Å². The number of nitrogens with zero attached hydrogens (tertiary/aromatic N) is 4. The Bertz CT molecular complexity index is 726. The van der Waals surface area contributed by atoms with Crippen LogP contribution in [0.1, 0.15) is 16.8 Å². The summed E-state index contributed by atoms with van der Waals surface area (Å²) in [5.74, 6) is 0.782. The van der Waals surface area contributed by atoms with Gasteiger partial charge in [0.05, 0.1) is 25.5 Å². The minimum Gasteiger partial charge on any atom is -0.379 e. The minimum atomic E-state index is 0. The first-order valence-corrected chi connectivity index (χ1v) is 9.04. The molecular weight excluding hydrogens is 455 g/mol. The zero-order valence-corrected chi connectivity index (χ0v) is 18.3. The molecule has 0 atom stereocenters. The largest absolute Gasteiger partial charge is 0.379 e. The van der Waals surface area contributed by atoms with Crippen LogP contribution in [-0.4, -0.2) is 54.0 Å². The lowest BCUT2D eigenvalue weighted by molar-refractivity contribution is 0.0342. The normalized spacial score (nSPS) is 15.3. The van der Waals surface area contributed by atoms with Crippen LogP contribution in [0.2, 0.25) is 0 Å². The maximum atomic E-state index is 5.42. The van der Waals surface area contributed by atoms with E-state index in [1.54, 1.807) is 13.2 Å². The van der Waals surface area contributed by atoms with Gasteiger partial charge in [-0.3, -0.25) is 14.6 Å². The molecule has 2 aromatic rings. The number of nitrogens with one attached hydrogen (secondary N) is 2. The molecule has 2 heterocycles. The molecule has 7 nitrogen and oxygen atoms in total. The summed E-state index contributed by atoms with van der Waals surface area (Å²) >= 11 is 0. The van der Waals surface area contributed by atoms with Crippen molar-refractivity contribution in [3.05, 3.63) is 53.3 Å². The summed E-state index contributed by atoms with van der Waals surface area (Å²) in [5, 5.41) is 10.9. The molecule has 148 valence electrons. The van der Waals surface area contributed by atoms with E-state index in [2.05, 4.69) is 49.9 Å². The SMILES string of the molecule is CN=C(NCc1cccc(CN2CCOCC2)c1)NCc1ccnn1C.I. The van der Waals surface area contributed by atoms with Crippen molar-refractivity contribution in [1.29, 1.82) is 0 Å². The molecule has 1 saturated heterocycles. The van der Waals surface area contributed by atoms with E-state index < -0.39 is 0 Å². The van der Waals surface area contributed by atoms with Gasteiger partial charge in [0.1, 0.15) is 0 Å². The molecule has 27 heavy (non-hydrogen) atoms. The van der Waals surface area contributed by atoms with Crippen LogP contribution < -0.4 is 10.6 Å². The van der Waals surface area contributed by atoms with Gasteiger partial charge in [0.15, 0.2) is 5.96 Å². The monoisotopic (exact) mass is 484 g/mol. The summed E-state index contributed by atoms with van der Waals surface area (Å²) in [5.41, 5.74) is 3.70. The van der Waals surface area contributed by atoms with Crippen molar-refractivity contribution < 1.29 is 4.74 Å². The molecule has 3 rings (SSSR count). The van der Waals surface area contributed by atoms with Gasteiger partial charge in [-0.1, -0.05) is 24.3 Å². The Morgan fingerprint density at radius 3 is 2.59 bits per heavy atom. The van der Waals surface area contributed by atoms with Crippen LogP contribution >= 0.6 is 24.0 Å². The Hall–Kier alpha value is -1.65. The van der Waals surface area contributed by atoms with Gasteiger partial charge < -0.3 is 15.4 Å². The van der Waals surface area contributed by atoms with Crippen molar-refractivity contribution in [3.63, 3.8) is 0 Å². The summed E-state index contributed by atoms with van der Waals surface area (Å²) in [6.07, 6.45) is 1.80. The Balaban J connectivity index is 0.00000261. The number of benzene rings is 1. The summed E-state index contributed by atoms with van der Waals surface area (Å²) in [6, 6.07) is 10.7. The fraction of sp³-hybridized carbons (Fsp3) is 0.474. The molecule has 0 bridgehead atoms. The Labute approximate surface area is 178 Å². The molecule has 0 unspecified atom stereocenters. The average Bonchev–Trinajstić information content (AvgIpc) is 3.08. The number of halogens is 1. The van der Waals surface area contributed by atoms with Crippen LogP contribution in [0, 0.1) is 0 Å². The second-order valence-electron chi connectivity index (χ2n) is 6.43. The highest BCUT2D eigenvalue weighted by molar-refractivity contribution is 14.0. The van der Waals surface area contributed by atoms with Crippen molar-refractivity contribution in [3.8, 4) is 0 Å². The predicted molar refractivity (Wildman–Crippen MR) is 118 cm³/mol. The van der Waals surface area contributed by atoms with Crippen LogP contribution in [-0.2, 0) is 31.4 Å². The van der Waals surface area contributed by atoms with E-state index in [9.17, 15) is 0 Å². The summed E-state index contributed by atoms with van der Waals surface area (Å²) in [6.45, 7) is 6.08. The zero-order chi connectivity index (χ0) is 18.2. The van der Waals surface area contributed by atoms with E-state index in [0.29, 0.717) is 6.54 Å². The van der Waals surface area contributed by atoms with Crippen molar-refractivity contribution in [1.82, 2.24) is 25.3 Å². The van der Waals surface area contributed by atoms with E-state index in [1.165, 1.54) is 11.1 Å². The number of morpholine rings is 1. The van der Waals surface area contributed by atoms with Gasteiger partial charge in [0.25, 0.3) is 0 Å². The van der Waals surface area contributed by atoms with E-state index in [-0.39, 0.29) is 24.0 Å². The smallest absolute Gasteiger partial charge is 0.191 e. The Morgan fingerprint density at radius 2 is 1.89 bits per heavy atom. The number of hydrogen-bond acceptors (Lipinski definition) is 4. The zero-order valence-electron chi connectivity index (χ0n) is 16.0. The first-order chi connectivity index (χ1) is 12.7. The van der Waals surface area contributed by atoms with E-state index in [4.69, 9.17) is 4.74 Å². The summed E-state index contributed by atoms with van der Waals surface area (Å²) < 4.78 is 7.27. The topological polar surface area (TPSA) is 66.7 Å². The number of aryl methyl sites for hydroxylation is 1. The number of ether oxygens (including phenoxy) is 1.